The first-order chi connectivity index (χ1) is 11.1. The van der Waals surface area contributed by atoms with Crippen molar-refractivity contribution in [3.05, 3.63) is 0 Å². The molecule has 0 unspecified atom stereocenters. The number of Topliss-reactive ketones (excluding diaryl/α,β-unsaturated/α-hetero) is 1. The van der Waals surface area contributed by atoms with Gasteiger partial charge in [0.15, 0.2) is 0 Å². The van der Waals surface area contributed by atoms with Gasteiger partial charge in [0.25, 0.3) is 0 Å². The Hall–Kier alpha value is -1.43. The molecule has 0 saturated heterocycles. The van der Waals surface area contributed by atoms with E-state index in [0.717, 1.165) is 0 Å². The van der Waals surface area contributed by atoms with Crippen LogP contribution in [-0.4, -0.2) is 67.3 Å². The van der Waals surface area contributed by atoms with Crippen molar-refractivity contribution in [3.8, 4) is 0 Å². The molecule has 0 aliphatic rings. The minimum atomic E-state index is -0.205. The Morgan fingerprint density at radius 1 is 0.958 bits per heavy atom. The minimum absolute atomic E-state index is 0.0809. The summed E-state index contributed by atoms with van der Waals surface area (Å²) in [5, 5.41) is 0. The molecule has 6 nitrogen and oxygen atoms in total. The molecule has 0 atom stereocenters. The Morgan fingerprint density at radius 3 is 2.12 bits per heavy atom. The van der Waals surface area contributed by atoms with Gasteiger partial charge in [0.2, 0.25) is 11.8 Å². The Morgan fingerprint density at radius 2 is 1.58 bits per heavy atom. The number of likely N-dealkylation sites (N-methyl/N-ethyl adjacent to an activating group) is 1. The molecule has 0 saturated carbocycles. The van der Waals surface area contributed by atoms with Crippen molar-refractivity contribution in [1.82, 2.24) is 9.80 Å². The second kappa shape index (κ2) is 12.0. The van der Waals surface area contributed by atoms with Crippen molar-refractivity contribution < 1.29 is 19.1 Å². The number of rotatable bonds is 12. The standard InChI is InChI=1S/C18H34N2O4/c1-14(2)12-16(21)8-7-10-24-11-9-19(5)17(22)13-18(23)20(6)15(3)4/h14-15H,7-13H2,1-6H3. The number of carbonyl (C=O) groups is 3. The predicted molar refractivity (Wildman–Crippen MR) is 94.7 cm³/mol. The van der Waals surface area contributed by atoms with E-state index in [0.29, 0.717) is 44.9 Å². The molecule has 2 amide bonds. The van der Waals surface area contributed by atoms with Crippen LogP contribution in [0.4, 0.5) is 0 Å². The molecule has 0 N–H and O–H groups in total. The molecule has 140 valence electrons. The van der Waals surface area contributed by atoms with Crippen molar-refractivity contribution in [2.45, 2.75) is 59.4 Å². The summed E-state index contributed by atoms with van der Waals surface area (Å²) in [5.74, 6) is 0.291. The fraction of sp³-hybridized carbons (Fsp3) is 0.833. The van der Waals surface area contributed by atoms with Gasteiger partial charge in [-0.05, 0) is 26.2 Å². The lowest BCUT2D eigenvalue weighted by molar-refractivity contribution is -0.140. The van der Waals surface area contributed by atoms with Gasteiger partial charge in [0, 0.05) is 46.1 Å². The summed E-state index contributed by atoms with van der Waals surface area (Å²) >= 11 is 0. The van der Waals surface area contributed by atoms with E-state index in [-0.39, 0.29) is 30.1 Å². The van der Waals surface area contributed by atoms with Crippen molar-refractivity contribution in [3.63, 3.8) is 0 Å². The van der Waals surface area contributed by atoms with Crippen LogP contribution < -0.4 is 0 Å². The van der Waals surface area contributed by atoms with Gasteiger partial charge in [-0.3, -0.25) is 14.4 Å². The Kier molecular flexibility index (Phi) is 11.3. The first-order valence-electron chi connectivity index (χ1n) is 8.74. The van der Waals surface area contributed by atoms with Gasteiger partial charge in [-0.15, -0.1) is 0 Å². The number of amides is 2. The highest BCUT2D eigenvalue weighted by Gasteiger charge is 2.18. The van der Waals surface area contributed by atoms with E-state index in [2.05, 4.69) is 0 Å². The van der Waals surface area contributed by atoms with E-state index in [1.165, 1.54) is 4.90 Å². The molecular weight excluding hydrogens is 308 g/mol. The third-order valence-electron chi connectivity index (χ3n) is 3.85. The highest BCUT2D eigenvalue weighted by molar-refractivity contribution is 5.96. The van der Waals surface area contributed by atoms with E-state index < -0.39 is 0 Å². The summed E-state index contributed by atoms with van der Waals surface area (Å²) < 4.78 is 5.46. The van der Waals surface area contributed by atoms with Crippen LogP contribution in [0.5, 0.6) is 0 Å². The molecule has 0 spiro atoms. The molecule has 6 heteroatoms. The van der Waals surface area contributed by atoms with E-state index in [4.69, 9.17) is 4.74 Å². The molecule has 0 aliphatic heterocycles. The van der Waals surface area contributed by atoms with Crippen molar-refractivity contribution in [2.75, 3.05) is 33.9 Å². The molecule has 0 fully saturated rings. The van der Waals surface area contributed by atoms with Crippen LogP contribution in [0.15, 0.2) is 0 Å². The number of ether oxygens (including phenoxy) is 1. The van der Waals surface area contributed by atoms with Crippen LogP contribution in [0.25, 0.3) is 0 Å². The SMILES string of the molecule is CC(C)CC(=O)CCCOCCN(C)C(=O)CC(=O)N(C)C(C)C. The molecule has 0 radical (unpaired) electrons. The van der Waals surface area contributed by atoms with Crippen LogP contribution in [0.2, 0.25) is 0 Å². The Balaban J connectivity index is 3.82. The van der Waals surface area contributed by atoms with Crippen molar-refractivity contribution >= 4 is 17.6 Å². The quantitative estimate of drug-likeness (QED) is 0.402. The zero-order valence-corrected chi connectivity index (χ0v) is 16.1. The lowest BCUT2D eigenvalue weighted by atomic mass is 10.0. The minimum Gasteiger partial charge on any atom is -0.380 e. The summed E-state index contributed by atoms with van der Waals surface area (Å²) in [6.07, 6.45) is 1.76. The molecule has 0 aliphatic carbocycles. The number of carbonyl (C=O) groups excluding carboxylic acids is 3. The summed E-state index contributed by atoms with van der Waals surface area (Å²) in [6.45, 7) is 9.25. The monoisotopic (exact) mass is 342 g/mol. The Labute approximate surface area is 146 Å². The molecule has 24 heavy (non-hydrogen) atoms. The van der Waals surface area contributed by atoms with E-state index in [1.54, 1.807) is 19.0 Å². The van der Waals surface area contributed by atoms with Crippen LogP contribution >= 0.6 is 0 Å². The zero-order chi connectivity index (χ0) is 18.7. The second-order valence-corrected chi connectivity index (χ2v) is 6.94. The van der Waals surface area contributed by atoms with Gasteiger partial charge in [0.1, 0.15) is 12.2 Å². The molecule has 0 aromatic carbocycles. The summed E-state index contributed by atoms with van der Waals surface area (Å²) in [7, 11) is 3.37. The van der Waals surface area contributed by atoms with E-state index >= 15 is 0 Å². The topological polar surface area (TPSA) is 66.9 Å². The predicted octanol–water partition coefficient (Wildman–Crippen LogP) is 2.11. The van der Waals surface area contributed by atoms with Gasteiger partial charge in [-0.1, -0.05) is 13.8 Å². The summed E-state index contributed by atoms with van der Waals surface area (Å²) in [6, 6.07) is 0.0809. The van der Waals surface area contributed by atoms with Crippen molar-refractivity contribution in [2.24, 2.45) is 5.92 Å². The van der Waals surface area contributed by atoms with Crippen LogP contribution in [-0.2, 0) is 19.1 Å². The number of hydrogen-bond acceptors (Lipinski definition) is 4. The third kappa shape index (κ3) is 10.4. The number of nitrogens with zero attached hydrogens (tertiary/aromatic N) is 2. The molecule has 0 aromatic heterocycles. The van der Waals surface area contributed by atoms with Crippen LogP contribution in [0.1, 0.15) is 53.4 Å². The smallest absolute Gasteiger partial charge is 0.231 e. The summed E-state index contributed by atoms with van der Waals surface area (Å²) in [5.41, 5.74) is 0. The first-order valence-corrected chi connectivity index (χ1v) is 8.74. The molecule has 0 aromatic rings. The third-order valence-corrected chi connectivity index (χ3v) is 3.85. The van der Waals surface area contributed by atoms with Gasteiger partial charge >= 0.3 is 0 Å². The average molecular weight is 342 g/mol. The largest absolute Gasteiger partial charge is 0.380 e. The number of hydrogen-bond donors (Lipinski definition) is 0. The van der Waals surface area contributed by atoms with E-state index in [1.807, 2.05) is 27.7 Å². The highest BCUT2D eigenvalue weighted by atomic mass is 16.5. The molecule has 0 heterocycles. The van der Waals surface area contributed by atoms with Crippen LogP contribution in [0.3, 0.4) is 0 Å². The highest BCUT2D eigenvalue weighted by Crippen LogP contribution is 2.05. The van der Waals surface area contributed by atoms with Gasteiger partial charge in [-0.25, -0.2) is 0 Å². The van der Waals surface area contributed by atoms with Crippen molar-refractivity contribution in [1.29, 1.82) is 0 Å². The van der Waals surface area contributed by atoms with Crippen LogP contribution in [0, 0.1) is 5.92 Å². The molecule has 0 rings (SSSR count). The fourth-order valence-electron chi connectivity index (χ4n) is 2.03. The maximum absolute atomic E-state index is 12.0. The van der Waals surface area contributed by atoms with Gasteiger partial charge in [-0.2, -0.15) is 0 Å². The van der Waals surface area contributed by atoms with Gasteiger partial charge < -0.3 is 14.5 Å². The van der Waals surface area contributed by atoms with Gasteiger partial charge in [0.05, 0.1) is 6.61 Å². The lowest BCUT2D eigenvalue weighted by Crippen LogP contribution is -2.38. The maximum atomic E-state index is 12.0. The molecule has 0 bridgehead atoms. The normalized spacial score (nSPS) is 11.0. The molecular formula is C18H34N2O4. The summed E-state index contributed by atoms with van der Waals surface area (Å²) in [4.78, 5) is 38.5. The first kappa shape index (κ1) is 22.6. The average Bonchev–Trinajstić information content (AvgIpc) is 2.48. The second-order valence-electron chi connectivity index (χ2n) is 6.94. The fourth-order valence-corrected chi connectivity index (χ4v) is 2.03. The zero-order valence-electron chi connectivity index (χ0n) is 16.1. The number of ketones is 1. The lowest BCUT2D eigenvalue weighted by Gasteiger charge is -2.23. The van der Waals surface area contributed by atoms with E-state index in [9.17, 15) is 14.4 Å². The maximum Gasteiger partial charge on any atom is 0.231 e. The Bertz CT molecular complexity index is 408.